The third-order valence-electron chi connectivity index (χ3n) is 1.44. The molecule has 1 saturated heterocycles. The Bertz CT molecular complexity index is 225. The van der Waals surface area contributed by atoms with Crippen molar-refractivity contribution in [3.05, 3.63) is 23.5 Å². The van der Waals surface area contributed by atoms with Crippen molar-refractivity contribution in [1.29, 1.82) is 0 Å². The summed E-state index contributed by atoms with van der Waals surface area (Å²) in [5.74, 6) is -0.0377. The number of hydrogen-bond donors (Lipinski definition) is 3. The summed E-state index contributed by atoms with van der Waals surface area (Å²) in [5.41, 5.74) is 5.32. The number of carbonyl (C=O) groups is 1. The predicted molar refractivity (Wildman–Crippen MR) is 36.3 cm³/mol. The number of rotatable bonds is 0. The summed E-state index contributed by atoms with van der Waals surface area (Å²) < 4.78 is 0. The van der Waals surface area contributed by atoms with Gasteiger partial charge in [0.25, 0.3) is 0 Å². The Hall–Kier alpha value is -1.40. The highest BCUT2D eigenvalue weighted by molar-refractivity contribution is 6.01. The predicted octanol–water partition coefficient (Wildman–Crippen LogP) is -2.75. The monoisotopic (exact) mass is 152 g/mol. The first-order valence-corrected chi connectivity index (χ1v) is 3.07. The quantitative estimate of drug-likeness (QED) is 0.328. The Morgan fingerprint density at radius 1 is 1.82 bits per heavy atom. The Labute approximate surface area is 63.2 Å². The van der Waals surface area contributed by atoms with Crippen LogP contribution in [0.2, 0.25) is 0 Å². The molecule has 1 atom stereocenters. The molecule has 0 aliphatic carbocycles. The summed E-state index contributed by atoms with van der Waals surface area (Å²) in [6.45, 7) is 1.34. The van der Waals surface area contributed by atoms with E-state index < -0.39 is 6.04 Å². The Morgan fingerprint density at radius 3 is 3.45 bits per heavy atom. The van der Waals surface area contributed by atoms with Crippen LogP contribution in [0.5, 0.6) is 0 Å². The molecule has 0 saturated carbocycles. The van der Waals surface area contributed by atoms with Crippen LogP contribution in [0.15, 0.2) is 0 Å². The zero-order valence-corrected chi connectivity index (χ0v) is 5.53. The molecule has 0 spiro atoms. The van der Waals surface area contributed by atoms with Crippen molar-refractivity contribution in [2.75, 3.05) is 0 Å². The van der Waals surface area contributed by atoms with Crippen LogP contribution >= 0.6 is 0 Å². The van der Waals surface area contributed by atoms with Gasteiger partial charge in [0, 0.05) is 0 Å². The molecule has 2 aliphatic rings. The number of guanidine groups is 1. The molecule has 0 aromatic rings. The van der Waals surface area contributed by atoms with Crippen LogP contribution in [-0.2, 0) is 4.79 Å². The Kier molecular flexibility index (Phi) is 1.17. The van der Waals surface area contributed by atoms with E-state index >= 15 is 0 Å². The molecule has 0 bridgehead atoms. The maximum absolute atomic E-state index is 11.0. The standard InChI is InChI=1S/C5H6N5O/c6-5-9-3-2(4(11)10-5)7-1-8-3/h1-2,9H,6H2,(H,10,11)/q-1. The average molecular weight is 152 g/mol. The van der Waals surface area contributed by atoms with Crippen LogP contribution in [0.3, 0.4) is 0 Å². The molecule has 6 heteroatoms. The number of fused-ring (bicyclic) bond motifs is 1. The summed E-state index contributed by atoms with van der Waals surface area (Å²) in [4.78, 5) is 13.7. The van der Waals surface area contributed by atoms with Crippen molar-refractivity contribution in [3.63, 3.8) is 0 Å². The zero-order chi connectivity index (χ0) is 7.84. The summed E-state index contributed by atoms with van der Waals surface area (Å²) >= 11 is 0. The summed E-state index contributed by atoms with van der Waals surface area (Å²) in [7, 11) is 0. The van der Waals surface area contributed by atoms with Crippen molar-refractivity contribution in [3.8, 4) is 0 Å². The fraction of sp³-hybridized carbons (Fsp3) is 0.200. The minimum Gasteiger partial charge on any atom is -0.507 e. The van der Waals surface area contributed by atoms with E-state index in [0.29, 0.717) is 6.17 Å². The van der Waals surface area contributed by atoms with E-state index in [1.807, 2.05) is 0 Å². The highest BCUT2D eigenvalue weighted by Gasteiger charge is 2.21. The molecular formula is C5H6N5O-. The second-order valence-electron chi connectivity index (χ2n) is 2.21. The lowest BCUT2D eigenvalue weighted by Crippen LogP contribution is -2.85. The van der Waals surface area contributed by atoms with Crippen LogP contribution < -0.4 is 16.0 Å². The minimum absolute atomic E-state index is 0.204. The fourth-order valence-corrected chi connectivity index (χ4v) is 0.966. The number of amides is 1. The third kappa shape index (κ3) is 0.883. The first-order chi connectivity index (χ1) is 5.27. The third-order valence-corrected chi connectivity index (χ3v) is 1.44. The topological polar surface area (TPSA) is 97.3 Å². The van der Waals surface area contributed by atoms with Gasteiger partial charge < -0.3 is 21.4 Å². The van der Waals surface area contributed by atoms with Crippen LogP contribution in [-0.4, -0.2) is 17.9 Å². The second kappa shape index (κ2) is 2.04. The molecule has 1 amide bonds. The van der Waals surface area contributed by atoms with Crippen molar-refractivity contribution in [1.82, 2.24) is 5.32 Å². The van der Waals surface area contributed by atoms with E-state index in [1.165, 1.54) is 6.67 Å². The van der Waals surface area contributed by atoms with E-state index in [4.69, 9.17) is 5.73 Å². The van der Waals surface area contributed by atoms with Crippen LogP contribution in [0.1, 0.15) is 0 Å². The van der Waals surface area contributed by atoms with Gasteiger partial charge in [-0.25, -0.2) is 0 Å². The van der Waals surface area contributed by atoms with Gasteiger partial charge in [0.15, 0.2) is 0 Å². The second-order valence-corrected chi connectivity index (χ2v) is 2.21. The number of hydrogen-bond acceptors (Lipinski definition) is 2. The van der Waals surface area contributed by atoms with Gasteiger partial charge in [0.1, 0.15) is 0 Å². The number of nitrogens with one attached hydrogen (secondary N) is 2. The molecule has 2 heterocycles. The van der Waals surface area contributed by atoms with Crippen LogP contribution in [0.25, 0.3) is 10.6 Å². The maximum Gasteiger partial charge on any atom is 0.239 e. The van der Waals surface area contributed by atoms with Crippen LogP contribution in [0.4, 0.5) is 0 Å². The first kappa shape index (κ1) is 6.32. The molecule has 0 aromatic carbocycles. The molecular weight excluding hydrogens is 146 g/mol. The van der Waals surface area contributed by atoms with Crippen molar-refractivity contribution < 1.29 is 9.79 Å². The SMILES string of the molecule is NC1=[NH+][C-]2[N-][CH+][N-]C2C(=O)N1. The largest absolute Gasteiger partial charge is 0.507 e. The lowest BCUT2D eigenvalue weighted by atomic mass is 10.2. The lowest BCUT2D eigenvalue weighted by Gasteiger charge is -2.35. The summed E-state index contributed by atoms with van der Waals surface area (Å²) in [5, 5.41) is 10.0. The van der Waals surface area contributed by atoms with Gasteiger partial charge >= 0.3 is 0 Å². The molecule has 1 fully saturated rings. The Balaban J connectivity index is 2.25. The molecule has 2 rings (SSSR count). The Morgan fingerprint density at radius 2 is 2.64 bits per heavy atom. The van der Waals surface area contributed by atoms with Gasteiger partial charge in [-0.1, -0.05) is 0 Å². The van der Waals surface area contributed by atoms with Gasteiger partial charge in [0.05, 0.1) is 0 Å². The minimum atomic E-state index is -0.526. The summed E-state index contributed by atoms with van der Waals surface area (Å²) in [6, 6.07) is -0.526. The van der Waals surface area contributed by atoms with Crippen molar-refractivity contribution in [2.24, 2.45) is 5.73 Å². The molecule has 0 aromatic heterocycles. The van der Waals surface area contributed by atoms with E-state index in [2.05, 4.69) is 20.9 Å². The average Bonchev–Trinajstić information content (AvgIpc) is 2.34. The van der Waals surface area contributed by atoms with E-state index in [1.54, 1.807) is 0 Å². The van der Waals surface area contributed by atoms with Gasteiger partial charge in [-0.2, -0.15) is 6.17 Å². The zero-order valence-electron chi connectivity index (χ0n) is 5.53. The van der Waals surface area contributed by atoms with Gasteiger partial charge in [-0.05, 0) is 6.04 Å². The fourth-order valence-electron chi connectivity index (χ4n) is 0.966. The van der Waals surface area contributed by atoms with E-state index in [-0.39, 0.29) is 11.9 Å². The van der Waals surface area contributed by atoms with Crippen LogP contribution in [0, 0.1) is 12.8 Å². The molecule has 4 N–H and O–H groups in total. The van der Waals surface area contributed by atoms with Crippen molar-refractivity contribution in [2.45, 2.75) is 6.04 Å². The summed E-state index contributed by atoms with van der Waals surface area (Å²) in [6.07, 6.45) is 0.492. The van der Waals surface area contributed by atoms with Gasteiger partial charge in [-0.15, -0.1) is 6.67 Å². The molecule has 1 unspecified atom stereocenters. The molecule has 0 radical (unpaired) electrons. The van der Waals surface area contributed by atoms with E-state index in [9.17, 15) is 4.79 Å². The van der Waals surface area contributed by atoms with Gasteiger partial charge in [-0.3, -0.25) is 10.1 Å². The molecule has 2 aliphatic heterocycles. The molecule has 6 nitrogen and oxygen atoms in total. The highest BCUT2D eigenvalue weighted by Crippen LogP contribution is 2.28. The molecule has 58 valence electrons. The first-order valence-electron chi connectivity index (χ1n) is 3.07. The van der Waals surface area contributed by atoms with E-state index in [0.717, 1.165) is 0 Å². The maximum atomic E-state index is 11.0. The number of carbonyl (C=O) groups excluding carboxylic acids is 1. The highest BCUT2D eigenvalue weighted by atomic mass is 16.2. The lowest BCUT2D eigenvalue weighted by molar-refractivity contribution is -0.440. The number of nitrogens with zero attached hydrogens (tertiary/aromatic N) is 2. The number of nitrogens with two attached hydrogens (primary N) is 1. The normalized spacial score (nSPS) is 28.7. The van der Waals surface area contributed by atoms with Crippen molar-refractivity contribution >= 4 is 11.9 Å². The molecule has 11 heavy (non-hydrogen) atoms. The van der Waals surface area contributed by atoms with Gasteiger partial charge in [0.2, 0.25) is 11.9 Å². The smallest absolute Gasteiger partial charge is 0.239 e.